The van der Waals surface area contributed by atoms with Crippen LogP contribution >= 0.6 is 0 Å². The predicted molar refractivity (Wildman–Crippen MR) is 126 cm³/mol. The van der Waals surface area contributed by atoms with Crippen molar-refractivity contribution in [3.8, 4) is 11.5 Å². The minimum atomic E-state index is -0.717. The van der Waals surface area contributed by atoms with E-state index in [-0.39, 0.29) is 17.9 Å². The summed E-state index contributed by atoms with van der Waals surface area (Å²) < 4.78 is 7.29. The van der Waals surface area contributed by atoms with E-state index in [0.29, 0.717) is 34.5 Å². The molecule has 4 rings (SSSR count). The van der Waals surface area contributed by atoms with Gasteiger partial charge in [0.05, 0.1) is 23.4 Å². The van der Waals surface area contributed by atoms with Gasteiger partial charge >= 0.3 is 0 Å². The van der Waals surface area contributed by atoms with E-state index in [4.69, 9.17) is 9.40 Å². The maximum atomic E-state index is 13.5. The molecule has 2 amide bonds. The second-order valence-electron chi connectivity index (χ2n) is 8.40. The zero-order valence-electron chi connectivity index (χ0n) is 19.1. The number of nitrogens with zero attached hydrogens (tertiary/aromatic N) is 4. The molecule has 0 saturated heterocycles. The molecule has 0 fully saturated rings. The van der Waals surface area contributed by atoms with Gasteiger partial charge in [-0.15, -0.1) is 0 Å². The number of nitrogens with one attached hydrogen (secondary N) is 1. The van der Waals surface area contributed by atoms with Crippen LogP contribution < -0.4 is 5.32 Å². The van der Waals surface area contributed by atoms with Crippen LogP contribution in [0.4, 0.5) is 0 Å². The quantitative estimate of drug-likeness (QED) is 0.468. The van der Waals surface area contributed by atoms with Crippen LogP contribution in [0, 0.1) is 0 Å². The van der Waals surface area contributed by atoms with Crippen LogP contribution in [0.3, 0.4) is 0 Å². The Morgan fingerprint density at radius 2 is 1.88 bits per heavy atom. The number of hydrogen-bond donors (Lipinski definition) is 1. The van der Waals surface area contributed by atoms with Crippen LogP contribution in [0.25, 0.3) is 22.5 Å². The number of benzene rings is 1. The smallest absolute Gasteiger partial charge is 0.252 e. The summed E-state index contributed by atoms with van der Waals surface area (Å²) in [6.07, 6.45) is 3.59. The Morgan fingerprint density at radius 1 is 1.12 bits per heavy atom. The number of furan rings is 1. The maximum absolute atomic E-state index is 13.5. The molecule has 3 heterocycles. The Bertz CT molecular complexity index is 1260. The first-order chi connectivity index (χ1) is 15.8. The summed E-state index contributed by atoms with van der Waals surface area (Å²) in [4.78, 5) is 32.6. The molecule has 1 aromatic carbocycles. The van der Waals surface area contributed by atoms with E-state index in [0.717, 1.165) is 5.56 Å². The Morgan fingerprint density at radius 3 is 2.52 bits per heavy atom. The summed E-state index contributed by atoms with van der Waals surface area (Å²) in [5.74, 6) is 0.00365. The van der Waals surface area contributed by atoms with Gasteiger partial charge in [0.1, 0.15) is 11.7 Å². The first-order valence-electron chi connectivity index (χ1n) is 10.8. The fourth-order valence-electron chi connectivity index (χ4n) is 3.73. The molecule has 0 spiro atoms. The Kier molecular flexibility index (Phi) is 6.26. The van der Waals surface area contributed by atoms with Crippen molar-refractivity contribution in [2.45, 2.75) is 32.4 Å². The van der Waals surface area contributed by atoms with Crippen LogP contribution in [0.5, 0.6) is 0 Å². The van der Waals surface area contributed by atoms with Crippen molar-refractivity contribution >= 4 is 22.8 Å². The van der Waals surface area contributed by atoms with Gasteiger partial charge in [-0.2, -0.15) is 5.10 Å². The van der Waals surface area contributed by atoms with Crippen molar-refractivity contribution in [1.82, 2.24) is 25.0 Å². The van der Waals surface area contributed by atoms with E-state index < -0.39 is 6.04 Å². The Hall–Kier alpha value is -3.94. The lowest BCUT2D eigenvalue weighted by molar-refractivity contribution is -0.130. The molecule has 170 valence electrons. The third kappa shape index (κ3) is 4.64. The number of likely N-dealkylation sites (N-methyl/N-ethyl adjacent to an activating group) is 1. The summed E-state index contributed by atoms with van der Waals surface area (Å²) in [7, 11) is 3.36. The number of carbonyl (C=O) groups is 2. The number of amides is 2. The van der Waals surface area contributed by atoms with E-state index in [1.54, 1.807) is 49.4 Å². The molecule has 1 atom stereocenters. The number of hydrogen-bond acceptors (Lipinski definition) is 5. The van der Waals surface area contributed by atoms with Crippen LogP contribution in [0.1, 0.15) is 35.8 Å². The second-order valence-corrected chi connectivity index (χ2v) is 8.40. The van der Waals surface area contributed by atoms with Crippen molar-refractivity contribution < 1.29 is 14.0 Å². The minimum absolute atomic E-state index is 0.0545. The summed E-state index contributed by atoms with van der Waals surface area (Å²) in [5, 5.41) is 8.00. The largest absolute Gasteiger partial charge is 0.463 e. The topological polar surface area (TPSA) is 93.3 Å². The number of rotatable bonds is 7. The standard InChI is InChI=1S/C25H27N5O3/c1-16(2)30-23-19(15-26-30)18(14-20(27-23)22-11-8-12-33-22)24(31)28-21(25(32)29(3)4)13-17-9-6-5-7-10-17/h5-12,14-16,21H,13H2,1-4H3,(H,28,31). The van der Waals surface area contributed by atoms with E-state index >= 15 is 0 Å². The summed E-state index contributed by atoms with van der Waals surface area (Å²) >= 11 is 0. The third-order valence-corrected chi connectivity index (χ3v) is 5.40. The molecule has 8 nitrogen and oxygen atoms in total. The summed E-state index contributed by atoms with van der Waals surface area (Å²) in [6.45, 7) is 4.00. The molecule has 1 N–H and O–H groups in total. The van der Waals surface area contributed by atoms with Gasteiger partial charge < -0.3 is 14.6 Å². The van der Waals surface area contributed by atoms with Crippen molar-refractivity contribution in [1.29, 1.82) is 0 Å². The van der Waals surface area contributed by atoms with Gasteiger partial charge in [-0.3, -0.25) is 9.59 Å². The first kappa shape index (κ1) is 22.3. The van der Waals surface area contributed by atoms with Gasteiger partial charge in [0, 0.05) is 26.6 Å². The third-order valence-electron chi connectivity index (χ3n) is 5.40. The van der Waals surface area contributed by atoms with Crippen molar-refractivity contribution in [3.05, 3.63) is 72.1 Å². The number of carbonyl (C=O) groups excluding carboxylic acids is 2. The highest BCUT2D eigenvalue weighted by molar-refractivity contribution is 6.07. The second kappa shape index (κ2) is 9.28. The fourth-order valence-corrected chi connectivity index (χ4v) is 3.73. The molecule has 33 heavy (non-hydrogen) atoms. The van der Waals surface area contributed by atoms with Crippen LogP contribution in [0.15, 0.2) is 65.4 Å². The fraction of sp³-hybridized carbons (Fsp3) is 0.280. The van der Waals surface area contributed by atoms with Crippen molar-refractivity contribution in [2.75, 3.05) is 14.1 Å². The zero-order valence-corrected chi connectivity index (χ0v) is 19.1. The summed E-state index contributed by atoms with van der Waals surface area (Å²) in [5.41, 5.74) is 2.46. The Balaban J connectivity index is 1.74. The van der Waals surface area contributed by atoms with Gasteiger partial charge in [0.15, 0.2) is 11.4 Å². The normalized spacial score (nSPS) is 12.2. The monoisotopic (exact) mass is 445 g/mol. The van der Waals surface area contributed by atoms with E-state index in [9.17, 15) is 9.59 Å². The molecule has 0 aliphatic heterocycles. The van der Waals surface area contributed by atoms with Crippen LogP contribution in [-0.4, -0.2) is 51.6 Å². The van der Waals surface area contributed by atoms with Crippen LogP contribution in [-0.2, 0) is 11.2 Å². The molecule has 1 unspecified atom stereocenters. The lowest BCUT2D eigenvalue weighted by atomic mass is 10.0. The Labute approximate surface area is 192 Å². The molecule has 3 aromatic heterocycles. The minimum Gasteiger partial charge on any atom is -0.463 e. The number of fused-ring (bicyclic) bond motifs is 1. The molecule has 8 heteroatoms. The molecule has 0 bridgehead atoms. The number of aromatic nitrogens is 3. The van der Waals surface area contributed by atoms with E-state index in [2.05, 4.69) is 10.4 Å². The molecule has 0 saturated carbocycles. The average molecular weight is 446 g/mol. The predicted octanol–water partition coefficient (Wildman–Crippen LogP) is 3.70. The molecular formula is C25H27N5O3. The van der Waals surface area contributed by atoms with Gasteiger partial charge in [-0.25, -0.2) is 9.67 Å². The highest BCUT2D eigenvalue weighted by Crippen LogP contribution is 2.27. The van der Waals surface area contributed by atoms with E-state index in [1.807, 2.05) is 44.2 Å². The van der Waals surface area contributed by atoms with E-state index in [1.165, 1.54) is 4.90 Å². The van der Waals surface area contributed by atoms with Gasteiger partial charge in [0.2, 0.25) is 5.91 Å². The lowest BCUT2D eigenvalue weighted by Gasteiger charge is -2.22. The maximum Gasteiger partial charge on any atom is 0.252 e. The average Bonchev–Trinajstić information content (AvgIpc) is 3.48. The lowest BCUT2D eigenvalue weighted by Crippen LogP contribution is -2.47. The number of pyridine rings is 1. The highest BCUT2D eigenvalue weighted by Gasteiger charge is 2.26. The molecule has 0 aliphatic rings. The first-order valence-corrected chi connectivity index (χ1v) is 10.8. The zero-order chi connectivity index (χ0) is 23.5. The van der Waals surface area contributed by atoms with Gasteiger partial charge in [-0.05, 0) is 37.6 Å². The molecule has 0 aliphatic carbocycles. The highest BCUT2D eigenvalue weighted by atomic mass is 16.3. The SMILES string of the molecule is CC(C)n1ncc2c(C(=O)NC(Cc3ccccc3)C(=O)N(C)C)cc(-c3ccco3)nc21. The summed E-state index contributed by atoms with van der Waals surface area (Å²) in [6, 6.07) is 14.2. The van der Waals surface area contributed by atoms with Gasteiger partial charge in [0.25, 0.3) is 5.91 Å². The van der Waals surface area contributed by atoms with Crippen LogP contribution in [0.2, 0.25) is 0 Å². The molecule has 0 radical (unpaired) electrons. The van der Waals surface area contributed by atoms with Gasteiger partial charge in [-0.1, -0.05) is 30.3 Å². The van der Waals surface area contributed by atoms with Crippen molar-refractivity contribution in [3.63, 3.8) is 0 Å². The molecular weight excluding hydrogens is 418 g/mol. The van der Waals surface area contributed by atoms with Crippen molar-refractivity contribution in [2.24, 2.45) is 0 Å². The molecule has 4 aromatic rings.